The molecule has 0 spiro atoms. The number of carbonyl (C=O) groups excluding carboxylic acids is 1. The van der Waals surface area contributed by atoms with Gasteiger partial charge in [0.05, 0.1) is 6.04 Å². The van der Waals surface area contributed by atoms with E-state index >= 15 is 0 Å². The van der Waals surface area contributed by atoms with Crippen molar-refractivity contribution < 1.29 is 4.79 Å². The summed E-state index contributed by atoms with van der Waals surface area (Å²) in [4.78, 5) is 14.6. The highest BCUT2D eigenvalue weighted by atomic mass is 16.2. The molecule has 1 aromatic heterocycles. The molecule has 0 aromatic carbocycles. The molecule has 0 aliphatic carbocycles. The van der Waals surface area contributed by atoms with Gasteiger partial charge < -0.3 is 15.2 Å². The molecule has 4 heteroatoms. The van der Waals surface area contributed by atoms with Crippen molar-refractivity contribution >= 4 is 5.91 Å². The molecule has 4 nitrogen and oxygen atoms in total. The molecule has 2 unspecified atom stereocenters. The molecule has 1 fully saturated rings. The van der Waals surface area contributed by atoms with E-state index in [9.17, 15) is 4.79 Å². The first-order chi connectivity index (χ1) is 9.15. The van der Waals surface area contributed by atoms with Gasteiger partial charge in [-0.15, -0.1) is 0 Å². The standard InChI is InChI=1S/C15H25N3O/c1-12(11-16)15(19)18-10-5-3-4-7-14(18)13-8-6-9-17(13)2/h6,8-9,12,14H,3-5,7,10-11,16H2,1-2H3. The van der Waals surface area contributed by atoms with Gasteiger partial charge in [0.25, 0.3) is 0 Å². The third-order valence-electron chi connectivity index (χ3n) is 4.14. The van der Waals surface area contributed by atoms with Gasteiger partial charge in [0.1, 0.15) is 0 Å². The molecule has 0 saturated carbocycles. The first-order valence-electron chi connectivity index (χ1n) is 7.27. The van der Waals surface area contributed by atoms with Gasteiger partial charge in [-0.05, 0) is 25.0 Å². The number of aryl methyl sites for hydroxylation is 1. The van der Waals surface area contributed by atoms with Gasteiger partial charge in [-0.25, -0.2) is 0 Å². The van der Waals surface area contributed by atoms with Crippen LogP contribution in [0.2, 0.25) is 0 Å². The Morgan fingerprint density at radius 1 is 1.47 bits per heavy atom. The third-order valence-corrected chi connectivity index (χ3v) is 4.14. The van der Waals surface area contributed by atoms with Crippen molar-refractivity contribution in [1.29, 1.82) is 0 Å². The van der Waals surface area contributed by atoms with Crippen molar-refractivity contribution in [1.82, 2.24) is 9.47 Å². The Balaban J connectivity index is 2.26. The summed E-state index contributed by atoms with van der Waals surface area (Å²) in [5, 5.41) is 0. The molecule has 0 radical (unpaired) electrons. The summed E-state index contributed by atoms with van der Waals surface area (Å²) in [5.74, 6) is 0.122. The maximum atomic E-state index is 12.5. The Morgan fingerprint density at radius 3 is 2.89 bits per heavy atom. The van der Waals surface area contributed by atoms with Crippen molar-refractivity contribution in [2.75, 3.05) is 13.1 Å². The quantitative estimate of drug-likeness (QED) is 0.907. The number of amides is 1. The van der Waals surface area contributed by atoms with Crippen molar-refractivity contribution in [2.45, 2.75) is 38.6 Å². The Kier molecular flexibility index (Phi) is 4.64. The number of hydrogen-bond acceptors (Lipinski definition) is 2. The van der Waals surface area contributed by atoms with Crippen LogP contribution in [-0.2, 0) is 11.8 Å². The molecule has 106 valence electrons. The molecule has 0 bridgehead atoms. The molecule has 2 rings (SSSR count). The molecule has 1 amide bonds. The average Bonchev–Trinajstić information content (AvgIpc) is 2.70. The summed E-state index contributed by atoms with van der Waals surface area (Å²) in [6, 6.07) is 4.39. The Morgan fingerprint density at radius 2 is 2.26 bits per heavy atom. The lowest BCUT2D eigenvalue weighted by Crippen LogP contribution is -2.40. The van der Waals surface area contributed by atoms with Crippen molar-refractivity contribution in [3.63, 3.8) is 0 Å². The second-order valence-corrected chi connectivity index (χ2v) is 5.58. The normalized spacial score (nSPS) is 22.1. The third kappa shape index (κ3) is 3.00. The minimum absolute atomic E-state index is 0.0825. The van der Waals surface area contributed by atoms with E-state index in [1.807, 2.05) is 6.92 Å². The molecule has 1 aromatic rings. The fourth-order valence-corrected chi connectivity index (χ4v) is 2.88. The highest BCUT2D eigenvalue weighted by molar-refractivity contribution is 5.79. The van der Waals surface area contributed by atoms with Crippen LogP contribution in [0.4, 0.5) is 0 Å². The second-order valence-electron chi connectivity index (χ2n) is 5.58. The van der Waals surface area contributed by atoms with Crippen molar-refractivity contribution in [3.8, 4) is 0 Å². The van der Waals surface area contributed by atoms with Gasteiger partial charge in [-0.2, -0.15) is 0 Å². The number of aromatic nitrogens is 1. The molecule has 1 aliphatic heterocycles. The average molecular weight is 263 g/mol. The van der Waals surface area contributed by atoms with Crippen LogP contribution in [0, 0.1) is 5.92 Å². The van der Waals surface area contributed by atoms with E-state index in [0.717, 1.165) is 19.4 Å². The van der Waals surface area contributed by atoms with Crippen LogP contribution in [0.15, 0.2) is 18.3 Å². The number of hydrogen-bond donors (Lipinski definition) is 1. The summed E-state index contributed by atoms with van der Waals surface area (Å²) in [6.07, 6.45) is 6.61. The first-order valence-corrected chi connectivity index (χ1v) is 7.27. The second kappa shape index (κ2) is 6.24. The number of rotatable bonds is 3. The molecule has 2 atom stereocenters. The topological polar surface area (TPSA) is 51.3 Å². The number of likely N-dealkylation sites (tertiary alicyclic amines) is 1. The van der Waals surface area contributed by atoms with Gasteiger partial charge in [0.15, 0.2) is 0 Å². The Labute approximate surface area is 115 Å². The number of carbonyl (C=O) groups is 1. The number of nitrogens with zero attached hydrogens (tertiary/aromatic N) is 2. The Bertz CT molecular complexity index is 427. The highest BCUT2D eigenvalue weighted by Crippen LogP contribution is 2.31. The fourth-order valence-electron chi connectivity index (χ4n) is 2.88. The SMILES string of the molecule is CC(CN)C(=O)N1CCCCCC1c1cccn1C. The van der Waals surface area contributed by atoms with E-state index < -0.39 is 0 Å². The first kappa shape index (κ1) is 14.1. The van der Waals surface area contributed by atoms with Gasteiger partial charge >= 0.3 is 0 Å². The molecule has 1 aliphatic rings. The van der Waals surface area contributed by atoms with Crippen LogP contribution in [0.25, 0.3) is 0 Å². The van der Waals surface area contributed by atoms with Crippen LogP contribution >= 0.6 is 0 Å². The van der Waals surface area contributed by atoms with E-state index in [-0.39, 0.29) is 17.9 Å². The zero-order valence-electron chi connectivity index (χ0n) is 12.0. The van der Waals surface area contributed by atoms with E-state index in [0.29, 0.717) is 6.54 Å². The molecular weight excluding hydrogens is 238 g/mol. The smallest absolute Gasteiger partial charge is 0.227 e. The lowest BCUT2D eigenvalue weighted by Gasteiger charge is -2.32. The predicted molar refractivity (Wildman–Crippen MR) is 76.6 cm³/mol. The van der Waals surface area contributed by atoms with Crippen LogP contribution in [-0.4, -0.2) is 28.5 Å². The summed E-state index contributed by atoms with van der Waals surface area (Å²) >= 11 is 0. The highest BCUT2D eigenvalue weighted by Gasteiger charge is 2.30. The van der Waals surface area contributed by atoms with Crippen LogP contribution < -0.4 is 5.73 Å². The maximum absolute atomic E-state index is 12.5. The molecule has 2 heterocycles. The summed E-state index contributed by atoms with van der Waals surface area (Å²) in [6.45, 7) is 3.21. The lowest BCUT2D eigenvalue weighted by molar-refractivity contribution is -0.137. The van der Waals surface area contributed by atoms with E-state index in [2.05, 4.69) is 34.8 Å². The molecule has 1 saturated heterocycles. The Hall–Kier alpha value is -1.29. The predicted octanol–water partition coefficient (Wildman–Crippen LogP) is 2.06. The van der Waals surface area contributed by atoms with Crippen molar-refractivity contribution in [2.24, 2.45) is 18.7 Å². The summed E-state index contributed by atoms with van der Waals surface area (Å²) in [7, 11) is 2.05. The van der Waals surface area contributed by atoms with Crippen molar-refractivity contribution in [3.05, 3.63) is 24.0 Å². The molecule has 2 N–H and O–H groups in total. The van der Waals surface area contributed by atoms with E-state index in [1.165, 1.54) is 18.5 Å². The summed E-state index contributed by atoms with van der Waals surface area (Å²) < 4.78 is 2.13. The summed E-state index contributed by atoms with van der Waals surface area (Å²) in [5.41, 5.74) is 6.90. The minimum Gasteiger partial charge on any atom is -0.353 e. The molecule has 19 heavy (non-hydrogen) atoms. The zero-order valence-corrected chi connectivity index (χ0v) is 12.0. The van der Waals surface area contributed by atoms with E-state index in [4.69, 9.17) is 5.73 Å². The number of nitrogens with two attached hydrogens (primary N) is 1. The van der Waals surface area contributed by atoms with Gasteiger partial charge in [-0.3, -0.25) is 4.79 Å². The van der Waals surface area contributed by atoms with Crippen LogP contribution in [0.1, 0.15) is 44.3 Å². The minimum atomic E-state index is -0.0825. The van der Waals surface area contributed by atoms with Crippen LogP contribution in [0.5, 0.6) is 0 Å². The van der Waals surface area contributed by atoms with Gasteiger partial charge in [0.2, 0.25) is 5.91 Å². The van der Waals surface area contributed by atoms with E-state index in [1.54, 1.807) is 0 Å². The largest absolute Gasteiger partial charge is 0.353 e. The fraction of sp³-hybridized carbons (Fsp3) is 0.667. The maximum Gasteiger partial charge on any atom is 0.227 e. The van der Waals surface area contributed by atoms with Crippen LogP contribution in [0.3, 0.4) is 0 Å². The molecular formula is C15H25N3O. The van der Waals surface area contributed by atoms with Gasteiger partial charge in [0, 0.05) is 37.9 Å². The zero-order chi connectivity index (χ0) is 13.8. The van der Waals surface area contributed by atoms with Gasteiger partial charge in [-0.1, -0.05) is 19.8 Å². The lowest BCUT2D eigenvalue weighted by atomic mass is 10.0. The monoisotopic (exact) mass is 263 g/mol.